The second-order valence-corrected chi connectivity index (χ2v) is 6.02. The van der Waals surface area contributed by atoms with Crippen molar-refractivity contribution in [3.05, 3.63) is 0 Å². The van der Waals surface area contributed by atoms with Crippen molar-refractivity contribution in [2.75, 3.05) is 32.8 Å². The monoisotopic (exact) mass is 249 g/mol. The highest BCUT2D eigenvalue weighted by Gasteiger charge is 2.35. The zero-order chi connectivity index (χ0) is 11.6. The minimum absolute atomic E-state index is 0.104. The molecule has 1 heterocycles. The first-order valence-corrected chi connectivity index (χ1v) is 7.12. The maximum Gasteiger partial charge on any atom is 0.279 e. The molecule has 3 N–H and O–H groups in total. The number of hydrogen-bond donors (Lipinski definition) is 2. The Morgan fingerprint density at radius 1 is 1.38 bits per heavy atom. The van der Waals surface area contributed by atoms with Gasteiger partial charge in [0.1, 0.15) is 0 Å². The Labute approximate surface area is 96.3 Å². The summed E-state index contributed by atoms with van der Waals surface area (Å²) < 4.78 is 33.2. The van der Waals surface area contributed by atoms with Crippen molar-refractivity contribution < 1.29 is 13.2 Å². The van der Waals surface area contributed by atoms with E-state index < -0.39 is 10.2 Å². The Balaban J connectivity index is 1.94. The van der Waals surface area contributed by atoms with E-state index in [0.717, 1.165) is 12.8 Å². The van der Waals surface area contributed by atoms with Gasteiger partial charge >= 0.3 is 0 Å². The van der Waals surface area contributed by atoms with E-state index in [4.69, 9.17) is 10.5 Å². The molecule has 0 aromatic rings. The van der Waals surface area contributed by atoms with Crippen molar-refractivity contribution in [1.29, 1.82) is 0 Å². The fraction of sp³-hybridized carbons (Fsp3) is 1.00. The molecule has 0 aromatic heterocycles. The van der Waals surface area contributed by atoms with Crippen LogP contribution in [0.3, 0.4) is 0 Å². The van der Waals surface area contributed by atoms with Gasteiger partial charge in [0.05, 0.1) is 13.2 Å². The lowest BCUT2D eigenvalue weighted by atomic mass is 10.2. The van der Waals surface area contributed by atoms with Gasteiger partial charge in [0.15, 0.2) is 0 Å². The molecular weight excluding hydrogens is 230 g/mol. The quantitative estimate of drug-likeness (QED) is 0.647. The van der Waals surface area contributed by atoms with Gasteiger partial charge in [-0.15, -0.1) is 0 Å². The second kappa shape index (κ2) is 4.97. The van der Waals surface area contributed by atoms with E-state index in [2.05, 4.69) is 4.72 Å². The molecule has 1 saturated carbocycles. The number of rotatable bonds is 5. The molecule has 7 heteroatoms. The first-order chi connectivity index (χ1) is 7.63. The Morgan fingerprint density at radius 2 is 2.00 bits per heavy atom. The molecule has 0 amide bonds. The maximum atomic E-state index is 12.0. The maximum absolute atomic E-state index is 12.0. The standard InChI is InChI=1S/C9H19N3O3S/c10-7-9(8-1-2-8)11-16(13,14)12-3-5-15-6-4-12/h8-9,11H,1-7,10H2. The summed E-state index contributed by atoms with van der Waals surface area (Å²) in [4.78, 5) is 0. The number of morpholine rings is 1. The third kappa shape index (κ3) is 2.92. The Hall–Kier alpha value is -0.210. The van der Waals surface area contributed by atoms with Crippen LogP contribution in [0.2, 0.25) is 0 Å². The lowest BCUT2D eigenvalue weighted by molar-refractivity contribution is 0.0723. The van der Waals surface area contributed by atoms with Crippen molar-refractivity contribution in [3.8, 4) is 0 Å². The van der Waals surface area contributed by atoms with Crippen LogP contribution in [0.5, 0.6) is 0 Å². The van der Waals surface area contributed by atoms with Crippen LogP contribution in [0, 0.1) is 5.92 Å². The van der Waals surface area contributed by atoms with Crippen LogP contribution in [0.1, 0.15) is 12.8 Å². The Kier molecular flexibility index (Phi) is 3.81. The van der Waals surface area contributed by atoms with Gasteiger partial charge in [0.25, 0.3) is 10.2 Å². The number of nitrogens with two attached hydrogens (primary N) is 1. The molecule has 6 nitrogen and oxygen atoms in total. The molecule has 1 aliphatic heterocycles. The smallest absolute Gasteiger partial charge is 0.279 e. The second-order valence-electron chi connectivity index (χ2n) is 4.31. The zero-order valence-corrected chi connectivity index (χ0v) is 10.1. The van der Waals surface area contributed by atoms with Gasteiger partial charge in [-0.1, -0.05) is 0 Å². The number of nitrogens with one attached hydrogen (secondary N) is 1. The topological polar surface area (TPSA) is 84.7 Å². The highest BCUT2D eigenvalue weighted by atomic mass is 32.2. The van der Waals surface area contributed by atoms with Crippen LogP contribution in [-0.4, -0.2) is 51.6 Å². The molecule has 0 aromatic carbocycles. The molecule has 2 aliphatic rings. The minimum Gasteiger partial charge on any atom is -0.379 e. The summed E-state index contributed by atoms with van der Waals surface area (Å²) in [7, 11) is -3.38. The summed E-state index contributed by atoms with van der Waals surface area (Å²) in [6.07, 6.45) is 2.15. The summed E-state index contributed by atoms with van der Waals surface area (Å²) in [6, 6.07) is -0.104. The normalized spacial score (nSPS) is 25.6. The van der Waals surface area contributed by atoms with Crippen LogP contribution >= 0.6 is 0 Å². The van der Waals surface area contributed by atoms with Gasteiger partial charge in [-0.3, -0.25) is 0 Å². The molecule has 1 aliphatic carbocycles. The lowest BCUT2D eigenvalue weighted by Crippen LogP contribution is -2.51. The van der Waals surface area contributed by atoms with Gasteiger partial charge in [-0.2, -0.15) is 17.4 Å². The van der Waals surface area contributed by atoms with Crippen LogP contribution in [0.15, 0.2) is 0 Å². The van der Waals surface area contributed by atoms with Crippen LogP contribution in [0.4, 0.5) is 0 Å². The average Bonchev–Trinajstić information content (AvgIpc) is 3.11. The predicted molar refractivity (Wildman–Crippen MR) is 60.0 cm³/mol. The molecule has 0 bridgehead atoms. The SMILES string of the molecule is NCC(NS(=O)(=O)N1CCOCC1)C1CC1. The summed E-state index contributed by atoms with van der Waals surface area (Å²) in [6.45, 7) is 2.16. The summed E-state index contributed by atoms with van der Waals surface area (Å²) >= 11 is 0. The van der Waals surface area contributed by atoms with Crippen LogP contribution < -0.4 is 10.5 Å². The number of hydrogen-bond acceptors (Lipinski definition) is 4. The number of ether oxygens (including phenoxy) is 1. The van der Waals surface area contributed by atoms with Crippen molar-refractivity contribution in [3.63, 3.8) is 0 Å². The number of nitrogens with zero attached hydrogens (tertiary/aromatic N) is 1. The first-order valence-electron chi connectivity index (χ1n) is 5.68. The van der Waals surface area contributed by atoms with E-state index in [1.165, 1.54) is 4.31 Å². The van der Waals surface area contributed by atoms with Crippen LogP contribution in [-0.2, 0) is 14.9 Å². The summed E-state index contributed by atoms with van der Waals surface area (Å²) in [5.74, 6) is 0.431. The largest absolute Gasteiger partial charge is 0.379 e. The highest BCUT2D eigenvalue weighted by molar-refractivity contribution is 7.87. The van der Waals surface area contributed by atoms with Gasteiger partial charge in [-0.25, -0.2) is 0 Å². The highest BCUT2D eigenvalue weighted by Crippen LogP contribution is 2.32. The molecular formula is C9H19N3O3S. The molecule has 94 valence electrons. The Morgan fingerprint density at radius 3 is 2.50 bits per heavy atom. The Bertz CT molecular complexity index is 323. The van der Waals surface area contributed by atoms with E-state index in [9.17, 15) is 8.42 Å². The summed E-state index contributed by atoms with van der Waals surface area (Å²) in [5.41, 5.74) is 5.58. The minimum atomic E-state index is -3.38. The third-order valence-electron chi connectivity index (χ3n) is 3.06. The zero-order valence-electron chi connectivity index (χ0n) is 9.26. The van der Waals surface area contributed by atoms with Crippen molar-refractivity contribution in [2.24, 2.45) is 11.7 Å². The molecule has 2 rings (SSSR count). The van der Waals surface area contributed by atoms with Gasteiger partial charge in [-0.05, 0) is 18.8 Å². The van der Waals surface area contributed by atoms with Crippen LogP contribution in [0.25, 0.3) is 0 Å². The third-order valence-corrected chi connectivity index (χ3v) is 4.70. The molecule has 2 fully saturated rings. The molecule has 0 spiro atoms. The first kappa shape index (κ1) is 12.3. The van der Waals surface area contributed by atoms with E-state index in [1.54, 1.807) is 0 Å². The lowest BCUT2D eigenvalue weighted by Gasteiger charge is -2.28. The molecule has 1 unspecified atom stereocenters. The van der Waals surface area contributed by atoms with Gasteiger partial charge in [0.2, 0.25) is 0 Å². The predicted octanol–water partition coefficient (Wildman–Crippen LogP) is -1.11. The van der Waals surface area contributed by atoms with Gasteiger partial charge in [0, 0.05) is 25.7 Å². The summed E-state index contributed by atoms with van der Waals surface area (Å²) in [5, 5.41) is 0. The van der Waals surface area contributed by atoms with Crippen molar-refractivity contribution in [2.45, 2.75) is 18.9 Å². The van der Waals surface area contributed by atoms with E-state index in [-0.39, 0.29) is 6.04 Å². The van der Waals surface area contributed by atoms with E-state index >= 15 is 0 Å². The molecule has 1 saturated heterocycles. The molecule has 16 heavy (non-hydrogen) atoms. The fourth-order valence-electron chi connectivity index (χ4n) is 1.89. The fourth-order valence-corrected chi connectivity index (χ4v) is 3.34. The average molecular weight is 249 g/mol. The van der Waals surface area contributed by atoms with E-state index in [0.29, 0.717) is 38.8 Å². The van der Waals surface area contributed by atoms with Gasteiger partial charge < -0.3 is 10.5 Å². The molecule has 1 atom stereocenters. The molecule has 0 radical (unpaired) electrons. The van der Waals surface area contributed by atoms with Crippen molar-refractivity contribution in [1.82, 2.24) is 9.03 Å². The van der Waals surface area contributed by atoms with E-state index in [1.807, 2.05) is 0 Å². The van der Waals surface area contributed by atoms with Crippen molar-refractivity contribution >= 4 is 10.2 Å².